The molecule has 1 saturated heterocycles. The summed E-state index contributed by atoms with van der Waals surface area (Å²) in [4.78, 5) is 28.4. The molecular weight excluding hydrogens is 482 g/mol. The SMILES string of the molecule is O=C(NCCOCCOCCNc1nc(NC2CCCCCCC2)nc(N2CCCC2)n1)c1ccccc1. The number of hydrogen-bond acceptors (Lipinski definition) is 9. The van der Waals surface area contributed by atoms with Gasteiger partial charge in [-0.2, -0.15) is 15.0 Å². The first-order chi connectivity index (χ1) is 18.8. The first-order valence-corrected chi connectivity index (χ1v) is 14.3. The highest BCUT2D eigenvalue weighted by Gasteiger charge is 2.19. The number of anilines is 3. The molecule has 0 radical (unpaired) electrons. The highest BCUT2D eigenvalue weighted by molar-refractivity contribution is 5.94. The molecule has 208 valence electrons. The fourth-order valence-electron chi connectivity index (χ4n) is 4.84. The van der Waals surface area contributed by atoms with Crippen LogP contribution in [0.3, 0.4) is 0 Å². The van der Waals surface area contributed by atoms with E-state index in [1.54, 1.807) is 12.1 Å². The third-order valence-corrected chi connectivity index (χ3v) is 6.92. The van der Waals surface area contributed by atoms with Gasteiger partial charge in [-0.05, 0) is 37.8 Å². The number of aromatic nitrogens is 3. The number of ether oxygens (including phenoxy) is 2. The number of hydrogen-bond donors (Lipinski definition) is 3. The Hall–Kier alpha value is -2.98. The molecule has 2 fully saturated rings. The Balaban J connectivity index is 1.14. The monoisotopic (exact) mass is 525 g/mol. The standard InChI is InChI=1S/C28H43N7O3/c36-25(23-11-5-4-6-12-23)29-15-19-37-21-22-38-20-16-30-26-32-27(31-24-13-7-2-1-3-8-14-24)34-28(33-26)35-17-9-10-18-35/h4-6,11-12,24H,1-3,7-10,13-22H2,(H,29,36)(H2,30,31,32,33,34). The van der Waals surface area contributed by atoms with E-state index < -0.39 is 0 Å². The number of benzene rings is 1. The highest BCUT2D eigenvalue weighted by Crippen LogP contribution is 2.22. The molecule has 10 nitrogen and oxygen atoms in total. The molecule has 1 amide bonds. The minimum absolute atomic E-state index is 0.0919. The molecule has 1 aliphatic carbocycles. The Morgan fingerprint density at radius 1 is 0.789 bits per heavy atom. The smallest absolute Gasteiger partial charge is 0.251 e. The van der Waals surface area contributed by atoms with E-state index in [4.69, 9.17) is 14.5 Å². The second kappa shape index (κ2) is 16.1. The van der Waals surface area contributed by atoms with Crippen molar-refractivity contribution in [1.29, 1.82) is 0 Å². The maximum atomic E-state index is 12.0. The van der Waals surface area contributed by atoms with Crippen LogP contribution < -0.4 is 20.9 Å². The Bertz CT molecular complexity index is 949. The van der Waals surface area contributed by atoms with Gasteiger partial charge in [0.05, 0.1) is 26.4 Å². The van der Waals surface area contributed by atoms with E-state index in [-0.39, 0.29) is 5.91 Å². The van der Waals surface area contributed by atoms with Gasteiger partial charge in [-0.3, -0.25) is 4.79 Å². The highest BCUT2D eigenvalue weighted by atomic mass is 16.5. The summed E-state index contributed by atoms with van der Waals surface area (Å²) in [5.41, 5.74) is 0.650. The molecule has 1 saturated carbocycles. The summed E-state index contributed by atoms with van der Waals surface area (Å²) in [6.45, 7) is 4.97. The van der Waals surface area contributed by atoms with Gasteiger partial charge in [0.25, 0.3) is 5.91 Å². The normalized spacial score (nSPS) is 16.6. The quantitative estimate of drug-likeness (QED) is 0.316. The lowest BCUT2D eigenvalue weighted by Crippen LogP contribution is -2.27. The summed E-state index contributed by atoms with van der Waals surface area (Å²) in [7, 11) is 0. The van der Waals surface area contributed by atoms with E-state index in [1.807, 2.05) is 18.2 Å². The number of carbonyl (C=O) groups is 1. The average Bonchev–Trinajstić information content (AvgIpc) is 3.47. The zero-order valence-electron chi connectivity index (χ0n) is 22.5. The summed E-state index contributed by atoms with van der Waals surface area (Å²) in [6.07, 6.45) is 11.2. The topological polar surface area (TPSA) is 114 Å². The molecule has 0 spiro atoms. The predicted octanol–water partition coefficient (Wildman–Crippen LogP) is 3.87. The van der Waals surface area contributed by atoms with Crippen LogP contribution in [0.1, 0.15) is 68.1 Å². The number of carbonyl (C=O) groups excluding carboxylic acids is 1. The van der Waals surface area contributed by atoms with E-state index in [2.05, 4.69) is 30.8 Å². The van der Waals surface area contributed by atoms with E-state index in [0.717, 1.165) is 19.0 Å². The van der Waals surface area contributed by atoms with Gasteiger partial charge in [0.2, 0.25) is 17.8 Å². The number of nitrogens with zero attached hydrogens (tertiary/aromatic N) is 4. The van der Waals surface area contributed by atoms with Gasteiger partial charge in [-0.25, -0.2) is 0 Å². The van der Waals surface area contributed by atoms with Gasteiger partial charge in [0.1, 0.15) is 0 Å². The fourth-order valence-corrected chi connectivity index (χ4v) is 4.84. The van der Waals surface area contributed by atoms with Gasteiger partial charge in [0, 0.05) is 37.8 Å². The van der Waals surface area contributed by atoms with Crippen molar-refractivity contribution in [3.8, 4) is 0 Å². The molecule has 10 heteroatoms. The Morgan fingerprint density at radius 3 is 2.18 bits per heavy atom. The lowest BCUT2D eigenvalue weighted by molar-refractivity contribution is 0.0519. The van der Waals surface area contributed by atoms with Crippen molar-refractivity contribution in [3.05, 3.63) is 35.9 Å². The second-order valence-corrected chi connectivity index (χ2v) is 9.94. The van der Waals surface area contributed by atoms with E-state index in [0.29, 0.717) is 63.0 Å². The van der Waals surface area contributed by atoms with Crippen LogP contribution in [0.4, 0.5) is 17.8 Å². The molecule has 0 atom stereocenters. The van der Waals surface area contributed by atoms with E-state index >= 15 is 0 Å². The maximum absolute atomic E-state index is 12.0. The first-order valence-electron chi connectivity index (χ1n) is 14.3. The Labute approximate surface area is 226 Å². The molecule has 1 aromatic heterocycles. The van der Waals surface area contributed by atoms with Crippen LogP contribution in [0.15, 0.2) is 30.3 Å². The largest absolute Gasteiger partial charge is 0.377 e. The van der Waals surface area contributed by atoms with Gasteiger partial charge < -0.3 is 30.3 Å². The van der Waals surface area contributed by atoms with Crippen molar-refractivity contribution in [2.45, 2.75) is 63.8 Å². The Morgan fingerprint density at radius 2 is 1.45 bits per heavy atom. The van der Waals surface area contributed by atoms with Crippen LogP contribution in [0, 0.1) is 0 Å². The zero-order valence-corrected chi connectivity index (χ0v) is 22.5. The molecule has 2 heterocycles. The molecular formula is C28H43N7O3. The lowest BCUT2D eigenvalue weighted by Gasteiger charge is -2.22. The van der Waals surface area contributed by atoms with Crippen molar-refractivity contribution in [3.63, 3.8) is 0 Å². The molecule has 2 aromatic rings. The summed E-state index contributed by atoms with van der Waals surface area (Å²) in [5.74, 6) is 1.92. The summed E-state index contributed by atoms with van der Waals surface area (Å²) < 4.78 is 11.2. The summed E-state index contributed by atoms with van der Waals surface area (Å²) in [6, 6.07) is 9.59. The molecule has 3 N–H and O–H groups in total. The number of nitrogens with one attached hydrogen (secondary N) is 3. The summed E-state index contributed by atoms with van der Waals surface area (Å²) >= 11 is 0. The van der Waals surface area contributed by atoms with Gasteiger partial charge in [-0.1, -0.05) is 50.3 Å². The van der Waals surface area contributed by atoms with Crippen molar-refractivity contribution in [2.75, 3.05) is 68.1 Å². The van der Waals surface area contributed by atoms with Crippen LogP contribution >= 0.6 is 0 Å². The van der Waals surface area contributed by atoms with E-state index in [9.17, 15) is 4.79 Å². The van der Waals surface area contributed by atoms with Gasteiger partial charge >= 0.3 is 0 Å². The second-order valence-electron chi connectivity index (χ2n) is 9.94. The van der Waals surface area contributed by atoms with Crippen LogP contribution in [-0.4, -0.2) is 79.5 Å². The fraction of sp³-hybridized carbons (Fsp3) is 0.643. The molecule has 1 aliphatic heterocycles. The van der Waals surface area contributed by atoms with Crippen LogP contribution in [0.5, 0.6) is 0 Å². The molecule has 2 aliphatic rings. The molecule has 38 heavy (non-hydrogen) atoms. The Kier molecular flexibility index (Phi) is 11.9. The van der Waals surface area contributed by atoms with Crippen molar-refractivity contribution in [2.24, 2.45) is 0 Å². The van der Waals surface area contributed by atoms with E-state index in [1.165, 1.54) is 57.8 Å². The first kappa shape index (κ1) is 28.0. The van der Waals surface area contributed by atoms with Crippen molar-refractivity contribution >= 4 is 23.8 Å². The molecule has 0 bridgehead atoms. The minimum Gasteiger partial charge on any atom is -0.377 e. The molecule has 0 unspecified atom stereocenters. The third-order valence-electron chi connectivity index (χ3n) is 6.92. The van der Waals surface area contributed by atoms with Crippen LogP contribution in [0.25, 0.3) is 0 Å². The molecule has 1 aromatic carbocycles. The van der Waals surface area contributed by atoms with Crippen LogP contribution in [0.2, 0.25) is 0 Å². The predicted molar refractivity (Wildman–Crippen MR) is 150 cm³/mol. The number of rotatable bonds is 14. The van der Waals surface area contributed by atoms with Crippen LogP contribution in [-0.2, 0) is 9.47 Å². The van der Waals surface area contributed by atoms with Gasteiger partial charge in [-0.15, -0.1) is 0 Å². The zero-order chi connectivity index (χ0) is 26.3. The van der Waals surface area contributed by atoms with Gasteiger partial charge in [0.15, 0.2) is 0 Å². The average molecular weight is 526 g/mol. The van der Waals surface area contributed by atoms with Crippen molar-refractivity contribution < 1.29 is 14.3 Å². The molecule has 4 rings (SSSR count). The third kappa shape index (κ3) is 9.72. The van der Waals surface area contributed by atoms with Crippen molar-refractivity contribution in [1.82, 2.24) is 20.3 Å². The minimum atomic E-state index is -0.0919. The lowest BCUT2D eigenvalue weighted by atomic mass is 9.97. The maximum Gasteiger partial charge on any atom is 0.251 e. The summed E-state index contributed by atoms with van der Waals surface area (Å²) in [5, 5.41) is 9.75. The number of amides is 1.